The Bertz CT molecular complexity index is 1560. The number of fused-ring (bicyclic) bond motifs is 3. The first kappa shape index (κ1) is 24.8. The minimum atomic E-state index is -3.69. The van der Waals surface area contributed by atoms with Crippen LogP contribution in [0.5, 0.6) is 0 Å². The van der Waals surface area contributed by atoms with Gasteiger partial charge in [-0.2, -0.15) is 4.31 Å². The van der Waals surface area contributed by atoms with Crippen molar-refractivity contribution in [3.05, 3.63) is 89.3 Å². The van der Waals surface area contributed by atoms with Gasteiger partial charge in [0.2, 0.25) is 21.9 Å². The number of nitrogens with one attached hydrogen (secondary N) is 2. The molecule has 0 unspecified atom stereocenters. The Kier molecular flexibility index (Phi) is 6.88. The maximum atomic E-state index is 13.2. The van der Waals surface area contributed by atoms with Crippen molar-refractivity contribution in [3.8, 4) is 11.3 Å². The lowest BCUT2D eigenvalue weighted by Crippen LogP contribution is -2.30. The Morgan fingerprint density at radius 3 is 2.57 bits per heavy atom. The van der Waals surface area contributed by atoms with Crippen molar-refractivity contribution in [1.82, 2.24) is 19.3 Å². The van der Waals surface area contributed by atoms with Crippen molar-refractivity contribution >= 4 is 44.9 Å². The maximum absolute atomic E-state index is 13.2. The Morgan fingerprint density at radius 2 is 1.84 bits per heavy atom. The number of hydrogen-bond acceptors (Lipinski definition) is 7. The fraction of sp³-hybridized carbons (Fsp3) is 0.154. The summed E-state index contributed by atoms with van der Waals surface area (Å²) in [4.78, 5) is 25.5. The summed E-state index contributed by atoms with van der Waals surface area (Å²) in [5, 5.41) is 6.48. The molecule has 4 aromatic rings. The molecule has 0 saturated heterocycles. The Balaban J connectivity index is 1.38. The Hall–Kier alpha value is -3.86. The van der Waals surface area contributed by atoms with Crippen LogP contribution in [0.3, 0.4) is 0 Å². The van der Waals surface area contributed by atoms with E-state index in [1.54, 1.807) is 74.0 Å². The van der Waals surface area contributed by atoms with Crippen molar-refractivity contribution in [3.63, 3.8) is 0 Å². The minimum absolute atomic E-state index is 0.141. The second-order valence-corrected chi connectivity index (χ2v) is 10.8. The van der Waals surface area contributed by atoms with Gasteiger partial charge in [0.05, 0.1) is 22.7 Å². The average molecular weight is 535 g/mol. The van der Waals surface area contributed by atoms with E-state index in [9.17, 15) is 13.2 Å². The van der Waals surface area contributed by atoms with Crippen molar-refractivity contribution in [2.45, 2.75) is 24.8 Å². The third-order valence-electron chi connectivity index (χ3n) is 5.94. The summed E-state index contributed by atoms with van der Waals surface area (Å²) in [6.07, 6.45) is 5.04. The summed E-state index contributed by atoms with van der Waals surface area (Å²) in [6, 6.07) is 15.3. The molecule has 0 bridgehead atoms. The van der Waals surface area contributed by atoms with Crippen LogP contribution in [0.1, 0.15) is 18.1 Å². The van der Waals surface area contributed by atoms with Gasteiger partial charge in [0.1, 0.15) is 0 Å². The molecule has 2 aromatic heterocycles. The van der Waals surface area contributed by atoms with Gasteiger partial charge < -0.3 is 10.6 Å². The molecule has 0 spiro atoms. The highest BCUT2D eigenvalue weighted by Crippen LogP contribution is 2.35. The molecule has 1 amide bonds. The summed E-state index contributed by atoms with van der Waals surface area (Å²) in [7, 11) is -3.69. The first-order valence-electron chi connectivity index (χ1n) is 11.6. The number of sulfonamides is 1. The topological polar surface area (TPSA) is 117 Å². The number of anilines is 3. The molecule has 0 radical (unpaired) electrons. The van der Waals surface area contributed by atoms with Gasteiger partial charge in [0.15, 0.2) is 0 Å². The van der Waals surface area contributed by atoms with Gasteiger partial charge in [-0.25, -0.2) is 18.4 Å². The zero-order chi connectivity index (χ0) is 26.0. The van der Waals surface area contributed by atoms with Gasteiger partial charge >= 0.3 is 0 Å². The molecular weight excluding hydrogens is 512 g/mol. The smallest absolute Gasteiger partial charge is 0.243 e. The molecule has 188 valence electrons. The third kappa shape index (κ3) is 5.31. The molecule has 3 heterocycles. The fourth-order valence-corrected chi connectivity index (χ4v) is 5.68. The van der Waals surface area contributed by atoms with E-state index in [-0.39, 0.29) is 23.8 Å². The number of nitrogens with zero attached hydrogens (tertiary/aromatic N) is 4. The van der Waals surface area contributed by atoms with E-state index in [0.29, 0.717) is 40.1 Å². The number of amides is 1. The molecule has 5 rings (SSSR count). The van der Waals surface area contributed by atoms with Gasteiger partial charge in [0, 0.05) is 53.5 Å². The van der Waals surface area contributed by atoms with Gasteiger partial charge in [-0.15, -0.1) is 0 Å². The van der Waals surface area contributed by atoms with Crippen LogP contribution in [0.2, 0.25) is 5.02 Å². The lowest BCUT2D eigenvalue weighted by molar-refractivity contribution is -0.115. The predicted octanol–water partition coefficient (Wildman–Crippen LogP) is 4.64. The molecule has 0 atom stereocenters. The molecule has 2 aromatic carbocycles. The summed E-state index contributed by atoms with van der Waals surface area (Å²) in [5.74, 6) is 0.144. The number of pyridine rings is 1. The third-order valence-corrected chi connectivity index (χ3v) is 8.11. The second-order valence-electron chi connectivity index (χ2n) is 8.42. The Labute approximate surface area is 219 Å². The fourth-order valence-electron chi connectivity index (χ4n) is 4.07. The molecule has 37 heavy (non-hydrogen) atoms. The van der Waals surface area contributed by atoms with Gasteiger partial charge in [-0.3, -0.25) is 9.78 Å². The second kappa shape index (κ2) is 10.3. The number of carbonyl (C=O) groups excluding carboxylic acids is 1. The van der Waals surface area contributed by atoms with Crippen molar-refractivity contribution in [2.75, 3.05) is 17.2 Å². The molecular formula is C26H23ClN6O3S. The molecule has 9 nitrogen and oxygen atoms in total. The molecule has 0 aliphatic carbocycles. The van der Waals surface area contributed by atoms with E-state index in [1.807, 2.05) is 6.07 Å². The zero-order valence-corrected chi connectivity index (χ0v) is 21.4. The molecule has 2 N–H and O–H groups in total. The van der Waals surface area contributed by atoms with Crippen molar-refractivity contribution < 1.29 is 13.2 Å². The lowest BCUT2D eigenvalue weighted by Gasteiger charge is -2.20. The number of halogens is 1. The minimum Gasteiger partial charge on any atom is -0.325 e. The molecule has 0 saturated carbocycles. The molecule has 0 fully saturated rings. The zero-order valence-electron chi connectivity index (χ0n) is 19.8. The summed E-state index contributed by atoms with van der Waals surface area (Å²) in [6.45, 7) is 2.39. The number of rotatable bonds is 7. The van der Waals surface area contributed by atoms with Gasteiger partial charge in [-0.05, 0) is 60.2 Å². The summed E-state index contributed by atoms with van der Waals surface area (Å²) in [5.41, 5.74) is 4.12. The highest BCUT2D eigenvalue weighted by molar-refractivity contribution is 7.89. The summed E-state index contributed by atoms with van der Waals surface area (Å²) >= 11 is 6.11. The predicted molar refractivity (Wildman–Crippen MR) is 142 cm³/mol. The highest BCUT2D eigenvalue weighted by atomic mass is 35.5. The van der Waals surface area contributed by atoms with Crippen LogP contribution in [0.4, 0.5) is 17.3 Å². The highest BCUT2D eigenvalue weighted by Gasteiger charge is 2.24. The number of benzene rings is 2. The van der Waals surface area contributed by atoms with Crippen LogP contribution in [0.15, 0.2) is 78.1 Å². The Morgan fingerprint density at radius 1 is 1.08 bits per heavy atom. The number of hydrogen-bond donors (Lipinski definition) is 2. The van der Waals surface area contributed by atoms with E-state index < -0.39 is 10.0 Å². The van der Waals surface area contributed by atoms with E-state index in [1.165, 1.54) is 4.31 Å². The lowest BCUT2D eigenvalue weighted by atomic mass is 10.1. The molecule has 1 aliphatic rings. The van der Waals surface area contributed by atoms with Crippen LogP contribution >= 0.6 is 11.6 Å². The van der Waals surface area contributed by atoms with Crippen molar-refractivity contribution in [2.24, 2.45) is 0 Å². The number of carbonyl (C=O) groups is 1. The van der Waals surface area contributed by atoms with E-state index >= 15 is 0 Å². The first-order chi connectivity index (χ1) is 17.8. The molecule has 1 aliphatic heterocycles. The van der Waals surface area contributed by atoms with Crippen LogP contribution in [-0.2, 0) is 27.8 Å². The summed E-state index contributed by atoms with van der Waals surface area (Å²) < 4.78 is 27.9. The van der Waals surface area contributed by atoms with Crippen molar-refractivity contribution in [1.29, 1.82) is 0 Å². The maximum Gasteiger partial charge on any atom is 0.243 e. The van der Waals surface area contributed by atoms with E-state index in [2.05, 4.69) is 25.6 Å². The van der Waals surface area contributed by atoms with Crippen LogP contribution < -0.4 is 10.6 Å². The van der Waals surface area contributed by atoms with E-state index in [4.69, 9.17) is 11.6 Å². The van der Waals surface area contributed by atoms with Gasteiger partial charge in [-0.1, -0.05) is 18.5 Å². The van der Waals surface area contributed by atoms with Gasteiger partial charge in [0.25, 0.3) is 0 Å². The number of aromatic nitrogens is 3. The largest absolute Gasteiger partial charge is 0.325 e. The quantitative estimate of drug-likeness (QED) is 0.354. The molecule has 11 heteroatoms. The van der Waals surface area contributed by atoms with E-state index in [0.717, 1.165) is 11.1 Å². The van der Waals surface area contributed by atoms with Crippen LogP contribution in [0.25, 0.3) is 11.3 Å². The average Bonchev–Trinajstić information content (AvgIpc) is 3.02. The van der Waals surface area contributed by atoms with Crippen LogP contribution in [-0.4, -0.2) is 40.1 Å². The standard InChI is InChI=1S/C26H23ClN6O3S/c1-2-33(16-17-9-11-28-12-10-17)37(35,36)21-6-4-20(5-7-21)30-26-29-15-18-13-24(34)31-23-14-19(27)3-8-22(23)25(18)32-26/h3-12,14-15H,2,13,16H2,1H3,(H,31,34)(H,29,30,32). The van der Waals surface area contributed by atoms with Crippen LogP contribution in [0, 0.1) is 0 Å². The first-order valence-corrected chi connectivity index (χ1v) is 13.4. The normalized spacial score (nSPS) is 12.9. The monoisotopic (exact) mass is 534 g/mol. The SMILES string of the molecule is CCN(Cc1ccncc1)S(=O)(=O)c1ccc(Nc2ncc3c(n2)-c2ccc(Cl)cc2NC(=O)C3)cc1.